The number of anilines is 2. The van der Waals surface area contributed by atoms with Crippen molar-refractivity contribution in [3.63, 3.8) is 0 Å². The van der Waals surface area contributed by atoms with Gasteiger partial charge in [-0.1, -0.05) is 12.1 Å². The summed E-state index contributed by atoms with van der Waals surface area (Å²) in [5, 5.41) is 8.60. The van der Waals surface area contributed by atoms with E-state index in [0.29, 0.717) is 18.0 Å². The Morgan fingerprint density at radius 1 is 1.22 bits per heavy atom. The van der Waals surface area contributed by atoms with Gasteiger partial charge in [0.15, 0.2) is 0 Å². The van der Waals surface area contributed by atoms with Gasteiger partial charge < -0.3 is 9.80 Å². The Labute approximate surface area is 133 Å². The fraction of sp³-hybridized carbons (Fsp3) is 0.312. The van der Waals surface area contributed by atoms with E-state index in [2.05, 4.69) is 51.0 Å². The molecule has 4 rings (SSSR count). The molecule has 23 heavy (non-hydrogen) atoms. The van der Waals surface area contributed by atoms with Crippen molar-refractivity contribution < 1.29 is 10.0 Å². The van der Waals surface area contributed by atoms with Crippen LogP contribution in [0.3, 0.4) is 0 Å². The number of carbonyl (C=O) groups is 1. The summed E-state index contributed by atoms with van der Waals surface area (Å²) in [4.78, 5) is 24.3. The highest BCUT2D eigenvalue weighted by molar-refractivity contribution is 5.92. The number of nitrogens with one attached hydrogen (secondary N) is 1. The number of aromatic nitrogens is 2. The second-order valence-corrected chi connectivity index (χ2v) is 5.99. The Bertz CT molecular complexity index is 748. The SMILES string of the molecule is Cc1cccc(N2CC3C2CN3c2ncc(C(=O)NO)cn2)c1. The maximum atomic E-state index is 11.3. The van der Waals surface area contributed by atoms with Crippen LogP contribution in [0.25, 0.3) is 0 Å². The molecule has 118 valence electrons. The standard InChI is InChI=1S/C16H17N5O2/c1-10-3-2-4-12(5-10)20-8-14-13(20)9-21(14)16-17-6-11(7-18-16)15(22)19-23/h2-7,13-14,23H,8-9H2,1H3,(H,19,22). The van der Waals surface area contributed by atoms with Crippen LogP contribution in [0.5, 0.6) is 0 Å². The summed E-state index contributed by atoms with van der Waals surface area (Å²) >= 11 is 0. The molecule has 1 aromatic carbocycles. The molecule has 2 aliphatic rings. The predicted molar refractivity (Wildman–Crippen MR) is 84.7 cm³/mol. The maximum absolute atomic E-state index is 11.3. The number of rotatable bonds is 3. The van der Waals surface area contributed by atoms with E-state index in [4.69, 9.17) is 5.21 Å². The van der Waals surface area contributed by atoms with Crippen LogP contribution in [-0.4, -0.2) is 46.3 Å². The number of carbonyl (C=O) groups excluding carboxylic acids is 1. The van der Waals surface area contributed by atoms with Crippen molar-refractivity contribution >= 4 is 17.5 Å². The second kappa shape index (κ2) is 5.20. The molecule has 2 saturated heterocycles. The number of hydroxylamine groups is 1. The van der Waals surface area contributed by atoms with Gasteiger partial charge in [0.1, 0.15) is 0 Å². The third-order valence-corrected chi connectivity index (χ3v) is 4.60. The van der Waals surface area contributed by atoms with E-state index in [9.17, 15) is 4.79 Å². The van der Waals surface area contributed by atoms with Crippen LogP contribution >= 0.6 is 0 Å². The number of hydrogen-bond donors (Lipinski definition) is 2. The minimum absolute atomic E-state index is 0.239. The summed E-state index contributed by atoms with van der Waals surface area (Å²) < 4.78 is 0. The Kier molecular flexibility index (Phi) is 3.16. The Balaban J connectivity index is 1.43. The first-order chi connectivity index (χ1) is 11.2. The molecule has 2 atom stereocenters. The quantitative estimate of drug-likeness (QED) is 0.650. The van der Waals surface area contributed by atoms with Crippen LogP contribution in [0.4, 0.5) is 11.6 Å². The van der Waals surface area contributed by atoms with E-state index in [0.717, 1.165) is 13.1 Å². The molecule has 0 aliphatic carbocycles. The number of piperazine rings is 1. The van der Waals surface area contributed by atoms with E-state index in [1.54, 1.807) is 5.48 Å². The van der Waals surface area contributed by atoms with Gasteiger partial charge in [-0.05, 0) is 24.6 Å². The van der Waals surface area contributed by atoms with Crippen molar-refractivity contribution in [2.45, 2.75) is 19.0 Å². The molecular formula is C16H17N5O2. The number of aryl methyl sites for hydroxylation is 1. The summed E-state index contributed by atoms with van der Waals surface area (Å²) in [7, 11) is 0. The van der Waals surface area contributed by atoms with Crippen molar-refractivity contribution in [1.29, 1.82) is 0 Å². The summed E-state index contributed by atoms with van der Waals surface area (Å²) in [5.41, 5.74) is 4.35. The smallest absolute Gasteiger partial charge is 0.277 e. The summed E-state index contributed by atoms with van der Waals surface area (Å²) in [6, 6.07) is 9.46. The third kappa shape index (κ3) is 2.20. The minimum Gasteiger partial charge on any atom is -0.362 e. The third-order valence-electron chi connectivity index (χ3n) is 4.60. The lowest BCUT2D eigenvalue weighted by Crippen LogP contribution is -2.79. The molecule has 1 aromatic heterocycles. The van der Waals surface area contributed by atoms with Gasteiger partial charge in [0, 0.05) is 31.2 Å². The topological polar surface area (TPSA) is 81.6 Å². The van der Waals surface area contributed by atoms with Crippen molar-refractivity contribution in [2.24, 2.45) is 0 Å². The maximum Gasteiger partial charge on any atom is 0.277 e. The molecule has 7 nitrogen and oxygen atoms in total. The van der Waals surface area contributed by atoms with E-state index in [1.165, 1.54) is 23.6 Å². The van der Waals surface area contributed by atoms with E-state index in [1.807, 2.05) is 0 Å². The minimum atomic E-state index is -0.604. The van der Waals surface area contributed by atoms with Gasteiger partial charge in [-0.3, -0.25) is 10.0 Å². The van der Waals surface area contributed by atoms with E-state index >= 15 is 0 Å². The average molecular weight is 311 g/mol. The number of hydrogen-bond acceptors (Lipinski definition) is 6. The predicted octanol–water partition coefficient (Wildman–Crippen LogP) is 0.981. The molecule has 0 spiro atoms. The highest BCUT2D eigenvalue weighted by Crippen LogP contribution is 2.38. The zero-order valence-corrected chi connectivity index (χ0v) is 12.7. The lowest BCUT2D eigenvalue weighted by Gasteiger charge is -2.62. The van der Waals surface area contributed by atoms with Gasteiger partial charge in [-0.2, -0.15) is 0 Å². The zero-order valence-electron chi connectivity index (χ0n) is 12.7. The Morgan fingerprint density at radius 2 is 1.91 bits per heavy atom. The van der Waals surface area contributed by atoms with Crippen molar-refractivity contribution in [3.8, 4) is 0 Å². The molecular weight excluding hydrogens is 294 g/mol. The van der Waals surface area contributed by atoms with Crippen molar-refractivity contribution in [1.82, 2.24) is 15.4 Å². The molecule has 1 amide bonds. The number of amides is 1. The molecule has 0 radical (unpaired) electrons. The highest BCUT2D eigenvalue weighted by atomic mass is 16.5. The lowest BCUT2D eigenvalue weighted by molar-refractivity contribution is 0.0705. The molecule has 3 heterocycles. The Morgan fingerprint density at radius 3 is 2.52 bits per heavy atom. The number of benzene rings is 1. The molecule has 0 saturated carbocycles. The Hall–Kier alpha value is -2.67. The van der Waals surface area contributed by atoms with Crippen LogP contribution < -0.4 is 15.3 Å². The fourth-order valence-corrected chi connectivity index (χ4v) is 3.24. The van der Waals surface area contributed by atoms with Crippen molar-refractivity contribution in [3.05, 3.63) is 47.8 Å². The summed E-state index contributed by atoms with van der Waals surface area (Å²) in [6.45, 7) is 3.94. The molecule has 2 aliphatic heterocycles. The summed E-state index contributed by atoms with van der Waals surface area (Å²) in [6.07, 6.45) is 2.86. The molecule has 2 N–H and O–H groups in total. The van der Waals surface area contributed by atoms with Crippen LogP contribution in [0, 0.1) is 6.92 Å². The van der Waals surface area contributed by atoms with E-state index in [-0.39, 0.29) is 5.56 Å². The fourth-order valence-electron chi connectivity index (χ4n) is 3.24. The van der Waals surface area contributed by atoms with Crippen LogP contribution in [0.1, 0.15) is 15.9 Å². The highest BCUT2D eigenvalue weighted by Gasteiger charge is 2.52. The monoisotopic (exact) mass is 311 g/mol. The van der Waals surface area contributed by atoms with Gasteiger partial charge in [0.25, 0.3) is 5.91 Å². The average Bonchev–Trinajstić information content (AvgIpc) is 2.56. The van der Waals surface area contributed by atoms with Gasteiger partial charge >= 0.3 is 0 Å². The largest absolute Gasteiger partial charge is 0.362 e. The van der Waals surface area contributed by atoms with Gasteiger partial charge in [0.2, 0.25) is 5.95 Å². The van der Waals surface area contributed by atoms with Gasteiger partial charge in [-0.25, -0.2) is 15.4 Å². The first-order valence-electron chi connectivity index (χ1n) is 7.54. The normalized spacial score (nSPS) is 22.0. The van der Waals surface area contributed by atoms with Crippen LogP contribution in [-0.2, 0) is 0 Å². The molecule has 2 aromatic rings. The van der Waals surface area contributed by atoms with Crippen LogP contribution in [0.2, 0.25) is 0 Å². The summed E-state index contributed by atoms with van der Waals surface area (Å²) in [5.74, 6) is 0.0249. The van der Waals surface area contributed by atoms with Gasteiger partial charge in [-0.15, -0.1) is 0 Å². The van der Waals surface area contributed by atoms with Crippen molar-refractivity contribution in [2.75, 3.05) is 22.9 Å². The molecule has 7 heteroatoms. The number of fused-ring (bicyclic) bond motifs is 1. The first kappa shape index (κ1) is 14.0. The first-order valence-corrected chi connectivity index (χ1v) is 7.54. The molecule has 0 bridgehead atoms. The van der Waals surface area contributed by atoms with Crippen LogP contribution in [0.15, 0.2) is 36.7 Å². The van der Waals surface area contributed by atoms with E-state index < -0.39 is 5.91 Å². The zero-order chi connectivity index (χ0) is 16.0. The van der Waals surface area contributed by atoms with Gasteiger partial charge in [0.05, 0.1) is 17.6 Å². The molecule has 2 unspecified atom stereocenters. The molecule has 2 fully saturated rings. The second-order valence-electron chi connectivity index (χ2n) is 5.99. The number of nitrogens with zero attached hydrogens (tertiary/aromatic N) is 4. The lowest BCUT2D eigenvalue weighted by atomic mass is 9.85.